The number of carbonyl (C=O) groups excluding carboxylic acids is 1. The van der Waals surface area contributed by atoms with Crippen LogP contribution >= 0.6 is 0 Å². The minimum absolute atomic E-state index is 0.0303. The van der Waals surface area contributed by atoms with E-state index in [1.165, 1.54) is 0 Å². The van der Waals surface area contributed by atoms with Crippen LogP contribution in [0.4, 0.5) is 0 Å². The van der Waals surface area contributed by atoms with Crippen molar-refractivity contribution in [2.75, 3.05) is 0 Å². The largest absolute Gasteiger partial charge is 0.365 e. The van der Waals surface area contributed by atoms with Crippen molar-refractivity contribution < 1.29 is 4.79 Å². The van der Waals surface area contributed by atoms with Crippen LogP contribution in [0.5, 0.6) is 0 Å². The molecule has 0 bridgehead atoms. The fourth-order valence-corrected chi connectivity index (χ4v) is 2.22. The van der Waals surface area contributed by atoms with Crippen LogP contribution in [-0.4, -0.2) is 15.8 Å². The first-order chi connectivity index (χ1) is 9.72. The van der Waals surface area contributed by atoms with E-state index in [-0.39, 0.29) is 5.78 Å². The average molecular weight is 264 g/mol. The number of hydrogen-bond donors (Lipinski definition) is 2. The van der Waals surface area contributed by atoms with Gasteiger partial charge in [0, 0.05) is 29.6 Å². The van der Waals surface area contributed by atoms with Gasteiger partial charge in [-0.2, -0.15) is 0 Å². The first kappa shape index (κ1) is 12.5. The number of benzene rings is 1. The van der Waals surface area contributed by atoms with Crippen LogP contribution in [0.2, 0.25) is 0 Å². The molecule has 3 heteroatoms. The van der Waals surface area contributed by atoms with Gasteiger partial charge < -0.3 is 9.97 Å². The van der Waals surface area contributed by atoms with Gasteiger partial charge in [0.1, 0.15) is 0 Å². The number of aromatic amines is 2. The van der Waals surface area contributed by atoms with Gasteiger partial charge >= 0.3 is 0 Å². The number of nitrogens with one attached hydrogen (secondary N) is 2. The molecule has 0 fully saturated rings. The lowest BCUT2D eigenvalue weighted by molar-refractivity contribution is 0.103. The molecular formula is C17H16N2O. The summed E-state index contributed by atoms with van der Waals surface area (Å²) in [6.45, 7) is 2.01. The van der Waals surface area contributed by atoms with Gasteiger partial charge in [-0.15, -0.1) is 0 Å². The van der Waals surface area contributed by atoms with E-state index in [0.29, 0.717) is 11.3 Å². The third-order valence-electron chi connectivity index (χ3n) is 3.35. The van der Waals surface area contributed by atoms with Crippen LogP contribution in [0.15, 0.2) is 54.7 Å². The monoisotopic (exact) mass is 264 g/mol. The quantitative estimate of drug-likeness (QED) is 0.696. The maximum Gasteiger partial charge on any atom is 0.209 e. The zero-order chi connectivity index (χ0) is 13.9. The van der Waals surface area contributed by atoms with Crippen molar-refractivity contribution in [1.82, 2.24) is 9.97 Å². The molecule has 0 aliphatic carbocycles. The Hall–Kier alpha value is -2.55. The molecule has 100 valence electrons. The Bertz CT molecular complexity index is 706. The second-order valence-electron chi connectivity index (χ2n) is 4.96. The first-order valence-corrected chi connectivity index (χ1v) is 6.64. The molecule has 20 heavy (non-hydrogen) atoms. The standard InChI is InChI=1S/C17H16N2O/c1-12-4-6-13(7-5-12)17(20)16-9-8-15(19-16)11-14-3-2-10-18-14/h2-10,18-19H,11H2,1H3. The Morgan fingerprint density at radius 2 is 1.80 bits per heavy atom. The average Bonchev–Trinajstić information content (AvgIpc) is 3.11. The second-order valence-corrected chi connectivity index (χ2v) is 4.96. The molecule has 1 aromatic carbocycles. The highest BCUT2D eigenvalue weighted by atomic mass is 16.1. The lowest BCUT2D eigenvalue weighted by atomic mass is 10.1. The van der Waals surface area contributed by atoms with Crippen molar-refractivity contribution in [2.24, 2.45) is 0 Å². The SMILES string of the molecule is Cc1ccc(C(=O)c2ccc(Cc3ccc[nH]3)[nH]2)cc1. The van der Waals surface area contributed by atoms with Crippen LogP contribution in [0.1, 0.15) is 33.0 Å². The van der Waals surface area contributed by atoms with Crippen LogP contribution in [0.25, 0.3) is 0 Å². The maximum absolute atomic E-state index is 12.3. The number of aromatic nitrogens is 2. The van der Waals surface area contributed by atoms with E-state index >= 15 is 0 Å². The predicted octanol–water partition coefficient (Wildman–Crippen LogP) is 3.47. The number of rotatable bonds is 4. The minimum atomic E-state index is 0.0303. The predicted molar refractivity (Wildman–Crippen MR) is 79.0 cm³/mol. The third kappa shape index (κ3) is 2.57. The molecule has 0 unspecified atom stereocenters. The van der Waals surface area contributed by atoms with Gasteiger partial charge in [0.05, 0.1) is 5.69 Å². The maximum atomic E-state index is 12.3. The molecule has 0 saturated heterocycles. The fourth-order valence-electron chi connectivity index (χ4n) is 2.22. The molecular weight excluding hydrogens is 248 g/mol. The molecule has 2 aromatic heterocycles. The van der Waals surface area contributed by atoms with E-state index in [4.69, 9.17) is 0 Å². The molecule has 0 spiro atoms. The Balaban J connectivity index is 1.79. The highest BCUT2D eigenvalue weighted by molar-refractivity contribution is 6.07. The summed E-state index contributed by atoms with van der Waals surface area (Å²) in [5.41, 5.74) is 4.66. The van der Waals surface area contributed by atoms with E-state index in [0.717, 1.165) is 23.4 Å². The molecule has 0 radical (unpaired) electrons. The lowest BCUT2D eigenvalue weighted by Crippen LogP contribution is -2.02. The summed E-state index contributed by atoms with van der Waals surface area (Å²) in [5.74, 6) is 0.0303. The summed E-state index contributed by atoms with van der Waals surface area (Å²) >= 11 is 0. The minimum Gasteiger partial charge on any atom is -0.365 e. The van der Waals surface area contributed by atoms with Crippen molar-refractivity contribution in [2.45, 2.75) is 13.3 Å². The molecule has 3 nitrogen and oxygen atoms in total. The topological polar surface area (TPSA) is 48.6 Å². The number of hydrogen-bond acceptors (Lipinski definition) is 1. The summed E-state index contributed by atoms with van der Waals surface area (Å²) in [4.78, 5) is 18.7. The number of H-pyrrole nitrogens is 2. The van der Waals surface area contributed by atoms with E-state index < -0.39 is 0 Å². The van der Waals surface area contributed by atoms with Crippen molar-refractivity contribution in [3.63, 3.8) is 0 Å². The molecule has 2 heterocycles. The second kappa shape index (κ2) is 5.21. The van der Waals surface area contributed by atoms with Gasteiger partial charge in [0.25, 0.3) is 0 Å². The molecule has 0 aliphatic heterocycles. The highest BCUT2D eigenvalue weighted by Crippen LogP contribution is 2.13. The van der Waals surface area contributed by atoms with Gasteiger partial charge in [-0.05, 0) is 31.2 Å². The van der Waals surface area contributed by atoms with E-state index in [9.17, 15) is 4.79 Å². The van der Waals surface area contributed by atoms with Crippen molar-refractivity contribution >= 4 is 5.78 Å². The third-order valence-corrected chi connectivity index (χ3v) is 3.35. The number of carbonyl (C=O) groups is 1. The summed E-state index contributed by atoms with van der Waals surface area (Å²) < 4.78 is 0. The lowest BCUT2D eigenvalue weighted by Gasteiger charge is -2.00. The highest BCUT2D eigenvalue weighted by Gasteiger charge is 2.11. The van der Waals surface area contributed by atoms with Crippen molar-refractivity contribution in [3.05, 3.63) is 82.9 Å². The van der Waals surface area contributed by atoms with Crippen LogP contribution < -0.4 is 0 Å². The first-order valence-electron chi connectivity index (χ1n) is 6.64. The number of ketones is 1. The molecule has 0 amide bonds. The van der Waals surface area contributed by atoms with Gasteiger partial charge in [-0.3, -0.25) is 4.79 Å². The Labute approximate surface area is 117 Å². The summed E-state index contributed by atoms with van der Waals surface area (Å²) in [6, 6.07) is 15.4. The Kier molecular flexibility index (Phi) is 3.25. The van der Waals surface area contributed by atoms with Crippen LogP contribution in [0, 0.1) is 6.92 Å². The van der Waals surface area contributed by atoms with Crippen LogP contribution in [0.3, 0.4) is 0 Å². The van der Waals surface area contributed by atoms with Gasteiger partial charge in [0.2, 0.25) is 5.78 Å². The Morgan fingerprint density at radius 1 is 1.00 bits per heavy atom. The normalized spacial score (nSPS) is 10.7. The zero-order valence-corrected chi connectivity index (χ0v) is 11.3. The molecule has 3 rings (SSSR count). The van der Waals surface area contributed by atoms with Crippen LogP contribution in [-0.2, 0) is 6.42 Å². The molecule has 2 N–H and O–H groups in total. The zero-order valence-electron chi connectivity index (χ0n) is 11.3. The molecule has 0 atom stereocenters. The van der Waals surface area contributed by atoms with E-state index in [2.05, 4.69) is 9.97 Å². The molecule has 3 aromatic rings. The van der Waals surface area contributed by atoms with Gasteiger partial charge in [0.15, 0.2) is 0 Å². The molecule has 0 saturated carbocycles. The fraction of sp³-hybridized carbons (Fsp3) is 0.118. The number of aryl methyl sites for hydroxylation is 1. The van der Waals surface area contributed by atoms with Crippen molar-refractivity contribution in [1.29, 1.82) is 0 Å². The van der Waals surface area contributed by atoms with E-state index in [1.54, 1.807) is 0 Å². The Morgan fingerprint density at radius 3 is 2.50 bits per heavy atom. The van der Waals surface area contributed by atoms with Crippen molar-refractivity contribution in [3.8, 4) is 0 Å². The summed E-state index contributed by atoms with van der Waals surface area (Å²) in [7, 11) is 0. The summed E-state index contributed by atoms with van der Waals surface area (Å²) in [5, 5.41) is 0. The van der Waals surface area contributed by atoms with Gasteiger partial charge in [-0.1, -0.05) is 29.8 Å². The summed E-state index contributed by atoms with van der Waals surface area (Å²) in [6.07, 6.45) is 2.67. The molecule has 0 aliphatic rings. The van der Waals surface area contributed by atoms with Gasteiger partial charge in [-0.25, -0.2) is 0 Å². The van der Waals surface area contributed by atoms with E-state index in [1.807, 2.05) is 61.7 Å². The smallest absolute Gasteiger partial charge is 0.209 e.